The summed E-state index contributed by atoms with van der Waals surface area (Å²) < 4.78 is 42.3. The maximum atomic E-state index is 14.6. The highest BCUT2D eigenvalue weighted by Crippen LogP contribution is 2.28. The molecule has 2 aromatic rings. The standard InChI is InChI=1S/C23H29Cl2FN4O4S/c1-5-13-27-23(32)16(2)29(14-17-18(24)9-8-10-19(17)25)22(31)15-30(35(33,34)28(3)4)21-12-7-6-11-20(21)26/h6-12,16H,5,13-15H2,1-4H3,(H,27,32)/t16-/m0/s1. The molecule has 0 bridgehead atoms. The Hall–Kier alpha value is -2.40. The fourth-order valence-corrected chi connectivity index (χ4v) is 4.77. The van der Waals surface area contributed by atoms with E-state index in [4.69, 9.17) is 23.2 Å². The van der Waals surface area contributed by atoms with Crippen molar-refractivity contribution >= 4 is 50.9 Å². The summed E-state index contributed by atoms with van der Waals surface area (Å²) in [4.78, 5) is 27.5. The molecule has 192 valence electrons. The fraction of sp³-hybridized carbons (Fsp3) is 0.391. The molecule has 0 saturated heterocycles. The second kappa shape index (κ2) is 12.5. The van der Waals surface area contributed by atoms with Gasteiger partial charge in [-0.1, -0.05) is 48.3 Å². The van der Waals surface area contributed by atoms with E-state index >= 15 is 0 Å². The number of anilines is 1. The Morgan fingerprint density at radius 1 is 1.06 bits per heavy atom. The van der Waals surface area contributed by atoms with Crippen LogP contribution in [-0.2, 0) is 26.3 Å². The summed E-state index contributed by atoms with van der Waals surface area (Å²) in [5, 5.41) is 3.29. The largest absolute Gasteiger partial charge is 0.354 e. The Labute approximate surface area is 215 Å². The lowest BCUT2D eigenvalue weighted by Crippen LogP contribution is -2.52. The van der Waals surface area contributed by atoms with E-state index in [1.807, 2.05) is 6.92 Å². The van der Waals surface area contributed by atoms with Crippen LogP contribution in [0.5, 0.6) is 0 Å². The summed E-state index contributed by atoms with van der Waals surface area (Å²) in [5.41, 5.74) is 0.0978. The third-order valence-corrected chi connectivity index (χ3v) is 7.76. The maximum Gasteiger partial charge on any atom is 0.304 e. The second-order valence-corrected chi connectivity index (χ2v) is 10.8. The smallest absolute Gasteiger partial charge is 0.304 e. The highest BCUT2D eigenvalue weighted by Gasteiger charge is 2.34. The monoisotopic (exact) mass is 546 g/mol. The van der Waals surface area contributed by atoms with Gasteiger partial charge in [-0.2, -0.15) is 12.7 Å². The molecule has 2 rings (SSSR count). The average Bonchev–Trinajstić information content (AvgIpc) is 2.80. The van der Waals surface area contributed by atoms with Crippen molar-refractivity contribution in [3.05, 3.63) is 63.9 Å². The first kappa shape index (κ1) is 28.8. The Morgan fingerprint density at radius 2 is 1.66 bits per heavy atom. The van der Waals surface area contributed by atoms with E-state index in [1.54, 1.807) is 18.2 Å². The predicted octanol–water partition coefficient (Wildman–Crippen LogP) is 3.69. The lowest BCUT2D eigenvalue weighted by atomic mass is 10.1. The molecule has 0 spiro atoms. The van der Waals surface area contributed by atoms with Crippen LogP contribution >= 0.6 is 23.2 Å². The van der Waals surface area contributed by atoms with Gasteiger partial charge in [0.05, 0.1) is 5.69 Å². The summed E-state index contributed by atoms with van der Waals surface area (Å²) in [6.45, 7) is 2.88. The molecule has 8 nitrogen and oxygen atoms in total. The van der Waals surface area contributed by atoms with Gasteiger partial charge in [0.15, 0.2) is 0 Å². The van der Waals surface area contributed by atoms with Crippen LogP contribution in [0.2, 0.25) is 10.0 Å². The zero-order valence-electron chi connectivity index (χ0n) is 20.0. The third kappa shape index (κ3) is 7.07. The molecule has 1 N–H and O–H groups in total. The van der Waals surface area contributed by atoms with Gasteiger partial charge in [0.25, 0.3) is 0 Å². The van der Waals surface area contributed by atoms with E-state index in [0.29, 0.717) is 22.8 Å². The number of nitrogens with zero attached hydrogens (tertiary/aromatic N) is 3. The minimum atomic E-state index is -4.27. The molecule has 0 aliphatic rings. The molecule has 0 radical (unpaired) electrons. The molecule has 0 aromatic heterocycles. The molecule has 0 heterocycles. The van der Waals surface area contributed by atoms with Gasteiger partial charge in [-0.05, 0) is 37.6 Å². The number of nitrogens with one attached hydrogen (secondary N) is 1. The lowest BCUT2D eigenvalue weighted by Gasteiger charge is -2.33. The van der Waals surface area contributed by atoms with Gasteiger partial charge >= 0.3 is 10.2 Å². The molecule has 0 aliphatic heterocycles. The molecule has 2 amide bonds. The first-order valence-corrected chi connectivity index (χ1v) is 13.0. The van der Waals surface area contributed by atoms with Crippen molar-refractivity contribution in [3.63, 3.8) is 0 Å². The molecule has 0 unspecified atom stereocenters. The van der Waals surface area contributed by atoms with Crippen LogP contribution in [0.25, 0.3) is 0 Å². The lowest BCUT2D eigenvalue weighted by molar-refractivity contribution is -0.139. The van der Waals surface area contributed by atoms with E-state index in [2.05, 4.69) is 5.32 Å². The van der Waals surface area contributed by atoms with Crippen LogP contribution in [0.3, 0.4) is 0 Å². The zero-order chi connectivity index (χ0) is 26.3. The third-order valence-electron chi connectivity index (χ3n) is 5.25. The number of carbonyl (C=O) groups excluding carboxylic acids is 2. The minimum absolute atomic E-state index is 0.162. The first-order valence-electron chi connectivity index (χ1n) is 10.9. The molecule has 1 atom stereocenters. The summed E-state index contributed by atoms with van der Waals surface area (Å²) >= 11 is 12.6. The van der Waals surface area contributed by atoms with E-state index < -0.39 is 40.4 Å². The van der Waals surface area contributed by atoms with Crippen LogP contribution in [0.1, 0.15) is 25.8 Å². The molecule has 2 aromatic carbocycles. The van der Waals surface area contributed by atoms with Crippen molar-refractivity contribution in [1.29, 1.82) is 0 Å². The average molecular weight is 547 g/mol. The molecular weight excluding hydrogens is 518 g/mol. The first-order chi connectivity index (χ1) is 16.4. The van der Waals surface area contributed by atoms with Gasteiger partial charge in [0, 0.05) is 42.8 Å². The normalized spacial score (nSPS) is 12.3. The number of carbonyl (C=O) groups is 2. The van der Waals surface area contributed by atoms with Gasteiger partial charge in [-0.25, -0.2) is 8.70 Å². The predicted molar refractivity (Wildman–Crippen MR) is 136 cm³/mol. The molecule has 0 aliphatic carbocycles. The van der Waals surface area contributed by atoms with E-state index in [-0.39, 0.29) is 22.3 Å². The van der Waals surface area contributed by atoms with Crippen molar-refractivity contribution in [2.75, 3.05) is 31.5 Å². The number of para-hydroxylation sites is 1. The van der Waals surface area contributed by atoms with Crippen LogP contribution in [0.4, 0.5) is 10.1 Å². The highest BCUT2D eigenvalue weighted by molar-refractivity contribution is 7.90. The molecule has 35 heavy (non-hydrogen) atoms. The molecule has 0 fully saturated rings. The van der Waals surface area contributed by atoms with Crippen molar-refractivity contribution in [1.82, 2.24) is 14.5 Å². The number of hydrogen-bond acceptors (Lipinski definition) is 4. The number of benzene rings is 2. The summed E-state index contributed by atoms with van der Waals surface area (Å²) in [6, 6.07) is 9.06. The number of halogens is 3. The Bertz CT molecular complexity index is 1140. The van der Waals surface area contributed by atoms with E-state index in [0.717, 1.165) is 10.4 Å². The van der Waals surface area contributed by atoms with Gasteiger partial charge in [0.2, 0.25) is 11.8 Å². The van der Waals surface area contributed by atoms with Gasteiger partial charge in [-0.3, -0.25) is 9.59 Å². The summed E-state index contributed by atoms with van der Waals surface area (Å²) in [7, 11) is -1.72. The van der Waals surface area contributed by atoms with E-state index in [9.17, 15) is 22.4 Å². The zero-order valence-corrected chi connectivity index (χ0v) is 22.3. The summed E-state index contributed by atoms with van der Waals surface area (Å²) in [5.74, 6) is -2.00. The second-order valence-electron chi connectivity index (χ2n) is 7.94. The SMILES string of the molecule is CCCNC(=O)[C@H](C)N(Cc1c(Cl)cccc1Cl)C(=O)CN(c1ccccc1F)S(=O)(=O)N(C)C. The Balaban J connectivity index is 2.51. The Kier molecular flexibility index (Phi) is 10.3. The fourth-order valence-electron chi connectivity index (χ4n) is 3.19. The number of hydrogen-bond donors (Lipinski definition) is 1. The minimum Gasteiger partial charge on any atom is -0.354 e. The maximum absolute atomic E-state index is 14.6. The van der Waals surface area contributed by atoms with Crippen molar-refractivity contribution in [2.24, 2.45) is 0 Å². The van der Waals surface area contributed by atoms with Gasteiger partial charge in [-0.15, -0.1) is 0 Å². The van der Waals surface area contributed by atoms with Gasteiger partial charge in [0.1, 0.15) is 18.4 Å². The Morgan fingerprint density at radius 3 is 2.20 bits per heavy atom. The van der Waals surface area contributed by atoms with E-state index in [1.165, 1.54) is 44.1 Å². The molecule has 0 saturated carbocycles. The number of amides is 2. The van der Waals surface area contributed by atoms with Crippen molar-refractivity contribution < 1.29 is 22.4 Å². The number of rotatable bonds is 11. The van der Waals surface area contributed by atoms with Crippen molar-refractivity contribution in [3.8, 4) is 0 Å². The van der Waals surface area contributed by atoms with Crippen LogP contribution in [0, 0.1) is 5.82 Å². The van der Waals surface area contributed by atoms with Crippen LogP contribution < -0.4 is 9.62 Å². The van der Waals surface area contributed by atoms with Gasteiger partial charge < -0.3 is 10.2 Å². The highest BCUT2D eigenvalue weighted by atomic mass is 35.5. The molecule has 12 heteroatoms. The van der Waals surface area contributed by atoms with Crippen LogP contribution in [-0.4, -0.2) is 62.7 Å². The molecular formula is C23H29Cl2FN4O4S. The topological polar surface area (TPSA) is 90.0 Å². The van der Waals surface area contributed by atoms with Crippen LogP contribution in [0.15, 0.2) is 42.5 Å². The summed E-state index contributed by atoms with van der Waals surface area (Å²) in [6.07, 6.45) is 0.685. The van der Waals surface area contributed by atoms with Crippen molar-refractivity contribution in [2.45, 2.75) is 32.9 Å². The quantitative estimate of drug-likeness (QED) is 0.465.